The van der Waals surface area contributed by atoms with Gasteiger partial charge in [-0.05, 0) is 54.5 Å². The van der Waals surface area contributed by atoms with Gasteiger partial charge in [0.05, 0.1) is 6.10 Å². The fourth-order valence-corrected chi connectivity index (χ4v) is 4.01. The van der Waals surface area contributed by atoms with E-state index in [1.54, 1.807) is 24.3 Å². The van der Waals surface area contributed by atoms with Crippen molar-refractivity contribution >= 4 is 0 Å². The lowest BCUT2D eigenvalue weighted by Gasteiger charge is -2.21. The molecule has 2 aromatic carbocycles. The number of hydrogen-bond acceptors (Lipinski definition) is 4. The first-order chi connectivity index (χ1) is 12.9. The predicted molar refractivity (Wildman–Crippen MR) is 98.4 cm³/mol. The average molecular weight is 377 g/mol. The third-order valence-corrected chi connectivity index (χ3v) is 5.42. The minimum absolute atomic E-state index is 0.252. The zero-order chi connectivity index (χ0) is 19.4. The molecule has 6 heteroatoms. The highest BCUT2D eigenvalue weighted by atomic mass is 19.1. The molecule has 2 fully saturated rings. The molecule has 0 spiro atoms. The minimum atomic E-state index is -0.935. The third-order valence-electron chi connectivity index (χ3n) is 5.42. The lowest BCUT2D eigenvalue weighted by Crippen LogP contribution is -2.27. The first-order valence-electron chi connectivity index (χ1n) is 9.25. The second kappa shape index (κ2) is 8.67. The van der Waals surface area contributed by atoms with Gasteiger partial charge in [0.1, 0.15) is 11.6 Å². The Hall–Kier alpha value is -2.18. The molecule has 1 heterocycles. The van der Waals surface area contributed by atoms with Gasteiger partial charge in [0.25, 0.3) is 0 Å². The largest absolute Gasteiger partial charge is 0.508 e. The van der Waals surface area contributed by atoms with Gasteiger partial charge < -0.3 is 15.3 Å². The van der Waals surface area contributed by atoms with Crippen LogP contribution in [0.5, 0.6) is 11.5 Å². The first kappa shape index (κ1) is 19.6. The highest BCUT2D eigenvalue weighted by Gasteiger charge is 2.36. The molecule has 2 aromatic rings. The highest BCUT2D eigenvalue weighted by molar-refractivity contribution is 5.27. The van der Waals surface area contributed by atoms with Gasteiger partial charge in [0, 0.05) is 25.7 Å². The molecule has 1 saturated heterocycles. The van der Waals surface area contributed by atoms with Crippen molar-refractivity contribution in [1.82, 2.24) is 4.90 Å². The van der Waals surface area contributed by atoms with Crippen molar-refractivity contribution in [2.45, 2.75) is 25.4 Å². The molecule has 4 nitrogen and oxygen atoms in total. The summed E-state index contributed by atoms with van der Waals surface area (Å²) in [6, 6.07) is 9.45. The van der Waals surface area contributed by atoms with Crippen molar-refractivity contribution in [3.05, 3.63) is 59.7 Å². The van der Waals surface area contributed by atoms with Crippen LogP contribution in [0.3, 0.4) is 0 Å². The van der Waals surface area contributed by atoms with E-state index in [0.717, 1.165) is 49.2 Å². The van der Waals surface area contributed by atoms with Crippen LogP contribution in [0.4, 0.5) is 8.78 Å². The molecule has 1 aliphatic heterocycles. The van der Waals surface area contributed by atoms with Crippen LogP contribution in [0.1, 0.15) is 30.9 Å². The van der Waals surface area contributed by atoms with Crippen molar-refractivity contribution < 1.29 is 24.1 Å². The van der Waals surface area contributed by atoms with Gasteiger partial charge in [-0.1, -0.05) is 18.6 Å². The van der Waals surface area contributed by atoms with E-state index in [1.807, 2.05) is 0 Å². The Labute approximate surface area is 157 Å². The monoisotopic (exact) mass is 377 g/mol. The summed E-state index contributed by atoms with van der Waals surface area (Å²) in [7, 11) is 0. The van der Waals surface area contributed by atoms with Crippen molar-refractivity contribution in [2.75, 3.05) is 19.6 Å². The minimum Gasteiger partial charge on any atom is -0.508 e. The standard InChI is InChI=1S/C15H21NO2.C6H4F2O/c17-14-6-4-11(5-7-14)15(18)10-16-8-12-2-1-3-13(12)9-16;7-4-1-2-6(9)5(8)3-4/h4-7,12-13,15,17-18H,1-3,8-10H2;1-3,9H. The van der Waals surface area contributed by atoms with E-state index in [4.69, 9.17) is 5.11 Å². The SMILES string of the molecule is Oc1ccc(C(O)CN2CC3CCCC3C2)cc1.Oc1ccc(F)cc1F. The topological polar surface area (TPSA) is 63.9 Å². The molecular formula is C21H25F2NO3. The van der Waals surface area contributed by atoms with Crippen LogP contribution >= 0.6 is 0 Å². The Balaban J connectivity index is 0.000000197. The van der Waals surface area contributed by atoms with E-state index in [2.05, 4.69) is 4.90 Å². The van der Waals surface area contributed by atoms with Crippen molar-refractivity contribution in [2.24, 2.45) is 11.8 Å². The number of phenols is 2. The maximum Gasteiger partial charge on any atom is 0.167 e. The molecule has 3 atom stereocenters. The van der Waals surface area contributed by atoms with Gasteiger partial charge in [-0.2, -0.15) is 0 Å². The Morgan fingerprint density at radius 2 is 1.59 bits per heavy atom. The smallest absolute Gasteiger partial charge is 0.167 e. The van der Waals surface area contributed by atoms with Crippen molar-refractivity contribution in [3.63, 3.8) is 0 Å². The quantitative estimate of drug-likeness (QED) is 0.761. The van der Waals surface area contributed by atoms with E-state index < -0.39 is 23.5 Å². The van der Waals surface area contributed by atoms with E-state index in [1.165, 1.54) is 19.3 Å². The predicted octanol–water partition coefficient (Wildman–Crippen LogP) is 3.83. The summed E-state index contributed by atoms with van der Waals surface area (Å²) in [4.78, 5) is 2.39. The fraction of sp³-hybridized carbons (Fsp3) is 0.429. The summed E-state index contributed by atoms with van der Waals surface area (Å²) >= 11 is 0. The number of likely N-dealkylation sites (tertiary alicyclic amines) is 1. The number of aliphatic hydroxyl groups is 1. The molecule has 2 aliphatic rings. The zero-order valence-corrected chi connectivity index (χ0v) is 15.1. The zero-order valence-electron chi connectivity index (χ0n) is 15.1. The molecule has 0 amide bonds. The van der Waals surface area contributed by atoms with Crippen LogP contribution in [0.25, 0.3) is 0 Å². The molecule has 0 radical (unpaired) electrons. The molecule has 1 aliphatic carbocycles. The van der Waals surface area contributed by atoms with E-state index in [9.17, 15) is 19.0 Å². The summed E-state index contributed by atoms with van der Waals surface area (Å²) < 4.78 is 24.1. The third kappa shape index (κ3) is 5.17. The Kier molecular flexibility index (Phi) is 6.29. The summed E-state index contributed by atoms with van der Waals surface area (Å²) in [5.74, 6) is -0.160. The van der Waals surface area contributed by atoms with Crippen molar-refractivity contribution in [3.8, 4) is 11.5 Å². The summed E-state index contributed by atoms with van der Waals surface area (Å²) in [5, 5.41) is 28.0. The van der Waals surface area contributed by atoms with E-state index in [0.29, 0.717) is 6.07 Å². The van der Waals surface area contributed by atoms with Crippen LogP contribution in [-0.4, -0.2) is 39.9 Å². The second-order valence-corrected chi connectivity index (χ2v) is 7.37. The molecule has 4 rings (SSSR count). The molecular weight excluding hydrogens is 352 g/mol. The Bertz CT molecular complexity index is 742. The number of aromatic hydroxyl groups is 2. The number of aliphatic hydroxyl groups excluding tert-OH is 1. The number of rotatable bonds is 3. The maximum atomic E-state index is 12.1. The number of hydrogen-bond donors (Lipinski definition) is 3. The Morgan fingerprint density at radius 3 is 2.15 bits per heavy atom. The van der Waals surface area contributed by atoms with Gasteiger partial charge in [-0.3, -0.25) is 4.90 Å². The average Bonchev–Trinajstić information content (AvgIpc) is 3.21. The van der Waals surface area contributed by atoms with Crippen LogP contribution < -0.4 is 0 Å². The number of halogens is 2. The summed E-state index contributed by atoms with van der Waals surface area (Å²) in [6.07, 6.45) is 3.70. The van der Waals surface area contributed by atoms with Gasteiger partial charge >= 0.3 is 0 Å². The van der Waals surface area contributed by atoms with Gasteiger partial charge in [-0.25, -0.2) is 8.78 Å². The molecule has 1 saturated carbocycles. The van der Waals surface area contributed by atoms with Crippen LogP contribution in [0.15, 0.2) is 42.5 Å². The van der Waals surface area contributed by atoms with Gasteiger partial charge in [0.2, 0.25) is 0 Å². The Morgan fingerprint density at radius 1 is 0.963 bits per heavy atom. The summed E-state index contributed by atoms with van der Waals surface area (Å²) in [6.45, 7) is 3.03. The van der Waals surface area contributed by atoms with Crippen LogP contribution in [-0.2, 0) is 0 Å². The number of nitrogens with zero attached hydrogens (tertiary/aromatic N) is 1. The van der Waals surface area contributed by atoms with Gasteiger partial charge in [0.15, 0.2) is 11.6 Å². The lowest BCUT2D eigenvalue weighted by molar-refractivity contribution is 0.122. The molecule has 27 heavy (non-hydrogen) atoms. The number of fused-ring (bicyclic) bond motifs is 1. The van der Waals surface area contributed by atoms with Gasteiger partial charge in [-0.15, -0.1) is 0 Å². The molecule has 0 aromatic heterocycles. The van der Waals surface area contributed by atoms with E-state index >= 15 is 0 Å². The number of phenolic OH excluding ortho intramolecular Hbond substituents is 2. The van der Waals surface area contributed by atoms with Crippen LogP contribution in [0, 0.1) is 23.5 Å². The summed E-state index contributed by atoms with van der Waals surface area (Å²) in [5.41, 5.74) is 0.893. The normalized spacial score (nSPS) is 22.8. The molecule has 3 N–H and O–H groups in total. The molecule has 0 bridgehead atoms. The van der Waals surface area contributed by atoms with E-state index in [-0.39, 0.29) is 5.75 Å². The fourth-order valence-electron chi connectivity index (χ4n) is 4.01. The number of benzene rings is 2. The van der Waals surface area contributed by atoms with Crippen LogP contribution in [0.2, 0.25) is 0 Å². The van der Waals surface area contributed by atoms with Crippen molar-refractivity contribution in [1.29, 1.82) is 0 Å². The lowest BCUT2D eigenvalue weighted by atomic mass is 10.0. The second-order valence-electron chi connectivity index (χ2n) is 7.37. The highest BCUT2D eigenvalue weighted by Crippen LogP contribution is 2.38. The first-order valence-corrected chi connectivity index (χ1v) is 9.25. The maximum absolute atomic E-state index is 12.1. The molecule has 3 unspecified atom stereocenters. The number of β-amino-alcohol motifs (C(OH)–C–C–N with tert-alkyl or cyclic N) is 1. The molecule has 146 valence electrons.